The standard InChI is InChI=1S/C23H29NO6/c1-27-18-11-5-9-16(21(18)29-3)20(24-13-7-8-15(14-24)23(25)26)17-10-6-12-19(28-2)22(17)30-4/h5-6,9-12,15,20H,7-8,13-14H2,1-4H3,(H,25,26). The van der Waals surface area contributed by atoms with E-state index in [4.69, 9.17) is 18.9 Å². The Morgan fingerprint density at radius 1 is 0.933 bits per heavy atom. The third kappa shape index (κ3) is 4.16. The number of rotatable bonds is 8. The van der Waals surface area contributed by atoms with E-state index in [2.05, 4.69) is 4.90 Å². The van der Waals surface area contributed by atoms with Gasteiger partial charge in [-0.05, 0) is 31.5 Å². The molecule has 0 spiro atoms. The molecular weight excluding hydrogens is 386 g/mol. The van der Waals surface area contributed by atoms with Crippen LogP contribution in [-0.2, 0) is 4.79 Å². The molecule has 1 saturated heterocycles. The van der Waals surface area contributed by atoms with E-state index in [0.29, 0.717) is 36.0 Å². The van der Waals surface area contributed by atoms with E-state index in [9.17, 15) is 9.90 Å². The minimum atomic E-state index is -0.770. The second-order valence-electron chi connectivity index (χ2n) is 7.24. The van der Waals surface area contributed by atoms with Crippen LogP contribution in [0.15, 0.2) is 36.4 Å². The molecule has 3 rings (SSSR count). The van der Waals surface area contributed by atoms with E-state index in [0.717, 1.165) is 24.1 Å². The number of para-hydroxylation sites is 2. The largest absolute Gasteiger partial charge is 0.493 e. The highest BCUT2D eigenvalue weighted by Crippen LogP contribution is 2.46. The Labute approximate surface area is 177 Å². The van der Waals surface area contributed by atoms with Crippen molar-refractivity contribution in [3.8, 4) is 23.0 Å². The van der Waals surface area contributed by atoms with Crippen molar-refractivity contribution in [2.75, 3.05) is 41.5 Å². The Balaban J connectivity index is 2.20. The van der Waals surface area contributed by atoms with Crippen LogP contribution in [0.4, 0.5) is 0 Å². The minimum absolute atomic E-state index is 0.290. The molecular formula is C23H29NO6. The summed E-state index contributed by atoms with van der Waals surface area (Å²) >= 11 is 0. The zero-order valence-corrected chi connectivity index (χ0v) is 17.9. The summed E-state index contributed by atoms with van der Waals surface area (Å²) in [4.78, 5) is 13.9. The summed E-state index contributed by atoms with van der Waals surface area (Å²) in [6.07, 6.45) is 1.47. The molecule has 2 aromatic carbocycles. The van der Waals surface area contributed by atoms with Gasteiger partial charge >= 0.3 is 5.97 Å². The van der Waals surface area contributed by atoms with Crippen LogP contribution in [-0.4, -0.2) is 57.5 Å². The molecule has 1 atom stereocenters. The first-order valence-corrected chi connectivity index (χ1v) is 9.94. The van der Waals surface area contributed by atoms with Gasteiger partial charge in [0.1, 0.15) is 0 Å². The van der Waals surface area contributed by atoms with E-state index in [1.54, 1.807) is 28.4 Å². The topological polar surface area (TPSA) is 77.5 Å². The highest BCUT2D eigenvalue weighted by Gasteiger charge is 2.35. The van der Waals surface area contributed by atoms with Crippen molar-refractivity contribution in [1.82, 2.24) is 4.90 Å². The van der Waals surface area contributed by atoms with Crippen LogP contribution < -0.4 is 18.9 Å². The molecule has 1 aliphatic heterocycles. The first kappa shape index (κ1) is 21.8. The van der Waals surface area contributed by atoms with Crippen LogP contribution in [0.1, 0.15) is 30.0 Å². The molecule has 7 heteroatoms. The summed E-state index contributed by atoms with van der Waals surface area (Å²) in [6, 6.07) is 11.2. The third-order valence-corrected chi connectivity index (χ3v) is 5.62. The number of hydrogen-bond donors (Lipinski definition) is 1. The zero-order valence-electron chi connectivity index (χ0n) is 17.9. The number of carbonyl (C=O) groups is 1. The van der Waals surface area contributed by atoms with Crippen molar-refractivity contribution in [2.45, 2.75) is 18.9 Å². The Kier molecular flexibility index (Phi) is 7.05. The second-order valence-corrected chi connectivity index (χ2v) is 7.24. The number of aliphatic carboxylic acids is 1. The van der Waals surface area contributed by atoms with E-state index in [-0.39, 0.29) is 6.04 Å². The lowest BCUT2D eigenvalue weighted by Crippen LogP contribution is -2.41. The molecule has 1 N–H and O–H groups in total. The fraction of sp³-hybridized carbons (Fsp3) is 0.435. The number of likely N-dealkylation sites (tertiary alicyclic amines) is 1. The molecule has 0 amide bonds. The van der Waals surface area contributed by atoms with Crippen LogP contribution in [0.3, 0.4) is 0 Å². The molecule has 2 aromatic rings. The van der Waals surface area contributed by atoms with Gasteiger partial charge in [-0.2, -0.15) is 0 Å². The summed E-state index contributed by atoms with van der Waals surface area (Å²) in [5.41, 5.74) is 1.77. The van der Waals surface area contributed by atoms with Crippen molar-refractivity contribution >= 4 is 5.97 Å². The Morgan fingerprint density at radius 3 is 1.90 bits per heavy atom. The summed E-state index contributed by atoms with van der Waals surface area (Å²) in [5.74, 6) is 1.28. The summed E-state index contributed by atoms with van der Waals surface area (Å²) in [5, 5.41) is 9.63. The maximum absolute atomic E-state index is 11.7. The Morgan fingerprint density at radius 2 is 1.47 bits per heavy atom. The van der Waals surface area contributed by atoms with Crippen LogP contribution in [0, 0.1) is 5.92 Å². The highest BCUT2D eigenvalue weighted by molar-refractivity contribution is 5.70. The molecule has 30 heavy (non-hydrogen) atoms. The number of methoxy groups -OCH3 is 4. The van der Waals surface area contributed by atoms with E-state index in [1.165, 1.54) is 0 Å². The third-order valence-electron chi connectivity index (χ3n) is 5.62. The molecule has 1 unspecified atom stereocenters. The molecule has 0 saturated carbocycles. The molecule has 162 valence electrons. The lowest BCUT2D eigenvalue weighted by molar-refractivity contribution is -0.143. The molecule has 0 aliphatic carbocycles. The fourth-order valence-electron chi connectivity index (χ4n) is 4.26. The molecule has 1 heterocycles. The highest BCUT2D eigenvalue weighted by atomic mass is 16.5. The number of carboxylic acids is 1. The number of hydrogen-bond acceptors (Lipinski definition) is 6. The van der Waals surface area contributed by atoms with E-state index in [1.807, 2.05) is 36.4 Å². The monoisotopic (exact) mass is 415 g/mol. The van der Waals surface area contributed by atoms with Crippen molar-refractivity contribution in [1.29, 1.82) is 0 Å². The second kappa shape index (κ2) is 9.71. The number of benzene rings is 2. The number of ether oxygens (including phenoxy) is 4. The fourth-order valence-corrected chi connectivity index (χ4v) is 4.26. The van der Waals surface area contributed by atoms with E-state index < -0.39 is 11.9 Å². The lowest BCUT2D eigenvalue weighted by Gasteiger charge is -2.38. The quantitative estimate of drug-likeness (QED) is 0.706. The summed E-state index contributed by atoms with van der Waals surface area (Å²) in [6.45, 7) is 1.19. The summed E-state index contributed by atoms with van der Waals surface area (Å²) < 4.78 is 22.5. The van der Waals surface area contributed by atoms with Gasteiger partial charge in [0.15, 0.2) is 23.0 Å². The van der Waals surface area contributed by atoms with Crippen molar-refractivity contribution in [3.05, 3.63) is 47.5 Å². The van der Waals surface area contributed by atoms with Crippen LogP contribution in [0.25, 0.3) is 0 Å². The van der Waals surface area contributed by atoms with Gasteiger partial charge in [-0.1, -0.05) is 24.3 Å². The van der Waals surface area contributed by atoms with Crippen LogP contribution >= 0.6 is 0 Å². The van der Waals surface area contributed by atoms with Gasteiger partial charge in [0.2, 0.25) is 0 Å². The maximum atomic E-state index is 11.7. The van der Waals surface area contributed by atoms with Gasteiger partial charge in [-0.25, -0.2) is 0 Å². The van der Waals surface area contributed by atoms with Gasteiger partial charge in [-0.3, -0.25) is 9.69 Å². The van der Waals surface area contributed by atoms with Gasteiger partial charge in [-0.15, -0.1) is 0 Å². The molecule has 1 aliphatic rings. The SMILES string of the molecule is COc1cccc(C(c2cccc(OC)c2OC)N2CCCC(C(=O)O)C2)c1OC. The van der Waals surface area contributed by atoms with Gasteiger partial charge < -0.3 is 24.1 Å². The van der Waals surface area contributed by atoms with Crippen LogP contribution in [0.2, 0.25) is 0 Å². The van der Waals surface area contributed by atoms with Crippen molar-refractivity contribution < 1.29 is 28.8 Å². The first-order valence-electron chi connectivity index (χ1n) is 9.94. The lowest BCUT2D eigenvalue weighted by atomic mass is 9.90. The molecule has 0 aromatic heterocycles. The van der Waals surface area contributed by atoms with Crippen molar-refractivity contribution in [3.63, 3.8) is 0 Å². The molecule has 0 radical (unpaired) electrons. The molecule has 0 bridgehead atoms. The predicted molar refractivity (Wildman–Crippen MR) is 113 cm³/mol. The van der Waals surface area contributed by atoms with Crippen molar-refractivity contribution in [2.24, 2.45) is 5.92 Å². The first-order chi connectivity index (χ1) is 14.5. The smallest absolute Gasteiger partial charge is 0.307 e. The average molecular weight is 415 g/mol. The van der Waals surface area contributed by atoms with Gasteiger partial charge in [0.05, 0.1) is 40.4 Å². The van der Waals surface area contributed by atoms with Gasteiger partial charge in [0.25, 0.3) is 0 Å². The normalized spacial score (nSPS) is 16.9. The number of piperidine rings is 1. The number of nitrogens with zero attached hydrogens (tertiary/aromatic N) is 1. The molecule has 7 nitrogen and oxygen atoms in total. The van der Waals surface area contributed by atoms with E-state index >= 15 is 0 Å². The zero-order chi connectivity index (χ0) is 21.7. The Hall–Kier alpha value is -2.93. The maximum Gasteiger partial charge on any atom is 0.307 e. The van der Waals surface area contributed by atoms with Gasteiger partial charge in [0, 0.05) is 17.7 Å². The minimum Gasteiger partial charge on any atom is -0.493 e. The van der Waals surface area contributed by atoms with Crippen LogP contribution in [0.5, 0.6) is 23.0 Å². The predicted octanol–water partition coefficient (Wildman–Crippen LogP) is 3.61. The molecule has 1 fully saturated rings. The average Bonchev–Trinajstić information content (AvgIpc) is 2.78. The number of carboxylic acid groups (broad SMARTS) is 1. The Bertz CT molecular complexity index is 828. The summed E-state index contributed by atoms with van der Waals surface area (Å²) in [7, 11) is 6.42.